The molecule has 0 heterocycles. The standard InChI is InChI=1S/C71H129N2O6P/c1-6-8-10-12-14-16-18-20-22-24-26-28-30-32-34-36-38-40-42-44-46-48-50-52-54-56-58-60-62-64-70(74)69(68-79-80(76,77)78-67-66-73(3,4)5)72-71(75)65-63-61-59-57-55-53-51-49-47-45-43-41-39-37-35-33-31-29-27-25-23-21-19-17-15-13-11-9-7-2/h9,11,15,17,21,23,27,29,33,35,39,41,45,47,51,53,69-70,74H,6-8,10,12-14,16,18-20,22,24-26,28,30-32,34,36-38,40,42-44,46,48-50,52,54-68H2,1-5H3,(H-,72,75,76,77)/p+1/b11-9-,17-15-,23-21-,29-27-,35-33-,41-39-,47-45-,53-51-. The highest BCUT2D eigenvalue weighted by atomic mass is 31.2. The van der Waals surface area contributed by atoms with E-state index in [1.165, 1.54) is 167 Å². The Balaban J connectivity index is 4.16. The lowest BCUT2D eigenvalue weighted by molar-refractivity contribution is -0.870. The van der Waals surface area contributed by atoms with Gasteiger partial charge in [0.1, 0.15) is 13.2 Å². The SMILES string of the molecule is CC/C=C\C/C=C\C/C=C\C/C=C\C/C=C\C/C=C\C/C=C\C/C=C\CCCCCCC(=O)NC(COP(=O)(O)OCC[N+](C)(C)C)C(O)CCCCCCCCCCCCCCCCCCCCCCCCCCCCCCC. The molecule has 0 rings (SSSR count). The molecule has 0 spiro atoms. The van der Waals surface area contributed by atoms with Gasteiger partial charge >= 0.3 is 7.82 Å². The topological polar surface area (TPSA) is 105 Å². The van der Waals surface area contributed by atoms with E-state index in [4.69, 9.17) is 9.05 Å². The largest absolute Gasteiger partial charge is 0.472 e. The predicted molar refractivity (Wildman–Crippen MR) is 350 cm³/mol. The number of nitrogens with zero attached hydrogens (tertiary/aromatic N) is 1. The summed E-state index contributed by atoms with van der Waals surface area (Å²) in [6.07, 6.45) is 87.8. The van der Waals surface area contributed by atoms with Gasteiger partial charge in [0.25, 0.3) is 0 Å². The van der Waals surface area contributed by atoms with Crippen molar-refractivity contribution >= 4 is 13.7 Å². The van der Waals surface area contributed by atoms with Crippen LogP contribution < -0.4 is 5.32 Å². The molecular weight excluding hydrogens is 1010 g/mol. The van der Waals surface area contributed by atoms with Crippen LogP contribution in [0.4, 0.5) is 0 Å². The lowest BCUT2D eigenvalue weighted by Crippen LogP contribution is -2.46. The molecule has 1 amide bonds. The van der Waals surface area contributed by atoms with Crippen LogP contribution in [-0.2, 0) is 18.4 Å². The lowest BCUT2D eigenvalue weighted by Gasteiger charge is -2.26. The summed E-state index contributed by atoms with van der Waals surface area (Å²) in [5.41, 5.74) is 0. The fourth-order valence-electron chi connectivity index (χ4n) is 9.65. The van der Waals surface area contributed by atoms with Crippen LogP contribution in [0.25, 0.3) is 0 Å². The molecule has 0 aliphatic carbocycles. The number of hydrogen-bond donors (Lipinski definition) is 3. The van der Waals surface area contributed by atoms with Crippen molar-refractivity contribution in [3.05, 3.63) is 97.2 Å². The number of rotatable bonds is 61. The predicted octanol–water partition coefficient (Wildman–Crippen LogP) is 21.3. The van der Waals surface area contributed by atoms with Crippen molar-refractivity contribution in [3.8, 4) is 0 Å². The summed E-state index contributed by atoms with van der Waals surface area (Å²) in [4.78, 5) is 23.4. The molecule has 3 unspecified atom stereocenters. The molecule has 0 fully saturated rings. The van der Waals surface area contributed by atoms with Crippen molar-refractivity contribution in [2.24, 2.45) is 0 Å². The summed E-state index contributed by atoms with van der Waals surface area (Å²) in [7, 11) is 1.59. The van der Waals surface area contributed by atoms with E-state index in [1.807, 2.05) is 21.1 Å². The first-order valence-corrected chi connectivity index (χ1v) is 35.1. The van der Waals surface area contributed by atoms with Crippen LogP contribution in [0.3, 0.4) is 0 Å². The molecular formula is C71H130N2O6P+. The van der Waals surface area contributed by atoms with E-state index in [0.29, 0.717) is 23.9 Å². The number of carbonyl (C=O) groups is 1. The third kappa shape index (κ3) is 63.0. The summed E-state index contributed by atoms with van der Waals surface area (Å²) in [5.74, 6) is -0.169. The van der Waals surface area contributed by atoms with E-state index < -0.39 is 20.0 Å². The van der Waals surface area contributed by atoms with Crippen molar-refractivity contribution in [3.63, 3.8) is 0 Å². The number of allylic oxidation sites excluding steroid dienone is 16. The van der Waals surface area contributed by atoms with Crippen LogP contribution in [0.1, 0.15) is 296 Å². The average Bonchev–Trinajstić information content (AvgIpc) is 3.42. The van der Waals surface area contributed by atoms with E-state index in [9.17, 15) is 19.4 Å². The van der Waals surface area contributed by atoms with Crippen LogP contribution in [0.5, 0.6) is 0 Å². The Hall–Kier alpha value is -2.58. The molecule has 3 N–H and O–H groups in total. The van der Waals surface area contributed by atoms with E-state index in [0.717, 1.165) is 103 Å². The third-order valence-corrected chi connectivity index (χ3v) is 15.8. The molecule has 0 aromatic rings. The van der Waals surface area contributed by atoms with E-state index >= 15 is 0 Å². The maximum absolute atomic E-state index is 13.1. The van der Waals surface area contributed by atoms with Gasteiger partial charge in [-0.2, -0.15) is 0 Å². The number of quaternary nitrogens is 1. The maximum atomic E-state index is 13.1. The van der Waals surface area contributed by atoms with Crippen LogP contribution in [0.2, 0.25) is 0 Å². The molecule has 0 aliphatic heterocycles. The number of carbonyl (C=O) groups excluding carboxylic acids is 1. The van der Waals surface area contributed by atoms with Gasteiger partial charge in [0.2, 0.25) is 5.91 Å². The van der Waals surface area contributed by atoms with Gasteiger partial charge in [0.05, 0.1) is 39.9 Å². The zero-order valence-corrected chi connectivity index (χ0v) is 53.9. The van der Waals surface area contributed by atoms with Gasteiger partial charge in [0, 0.05) is 6.42 Å². The number of phosphoric ester groups is 1. The van der Waals surface area contributed by atoms with Crippen molar-refractivity contribution in [1.29, 1.82) is 0 Å². The number of amides is 1. The normalized spacial score (nSPS) is 14.3. The minimum atomic E-state index is -4.34. The zero-order chi connectivity index (χ0) is 58.4. The van der Waals surface area contributed by atoms with Gasteiger partial charge in [-0.05, 0) is 77.0 Å². The summed E-state index contributed by atoms with van der Waals surface area (Å²) in [6, 6.07) is -0.784. The Morgan fingerprint density at radius 2 is 0.750 bits per heavy atom. The Morgan fingerprint density at radius 3 is 1.10 bits per heavy atom. The van der Waals surface area contributed by atoms with Gasteiger partial charge in [0.15, 0.2) is 0 Å². The van der Waals surface area contributed by atoms with Crippen LogP contribution >= 0.6 is 7.82 Å². The fraction of sp³-hybridized carbons (Fsp3) is 0.761. The van der Waals surface area contributed by atoms with Crippen molar-refractivity contribution in [2.45, 2.75) is 309 Å². The number of nitrogens with one attached hydrogen (secondary N) is 1. The van der Waals surface area contributed by atoms with E-state index in [2.05, 4.69) is 116 Å². The molecule has 80 heavy (non-hydrogen) atoms. The number of unbranched alkanes of at least 4 members (excludes halogenated alkanes) is 32. The van der Waals surface area contributed by atoms with Crippen molar-refractivity contribution in [1.82, 2.24) is 5.32 Å². The molecule has 0 aromatic heterocycles. The molecule has 9 heteroatoms. The van der Waals surface area contributed by atoms with Crippen LogP contribution in [0, 0.1) is 0 Å². The first kappa shape index (κ1) is 77.4. The number of aliphatic hydroxyl groups is 1. The molecule has 464 valence electrons. The maximum Gasteiger partial charge on any atom is 0.472 e. The lowest BCUT2D eigenvalue weighted by atomic mass is 10.0. The number of aliphatic hydroxyl groups excluding tert-OH is 1. The van der Waals surface area contributed by atoms with E-state index in [1.54, 1.807) is 0 Å². The Kier molecular flexibility index (Phi) is 59.0. The second-order valence-electron chi connectivity index (χ2n) is 23.8. The second-order valence-corrected chi connectivity index (χ2v) is 25.3. The first-order chi connectivity index (χ1) is 39.0. The fourth-order valence-corrected chi connectivity index (χ4v) is 10.4. The van der Waals surface area contributed by atoms with Gasteiger partial charge < -0.3 is 19.8 Å². The van der Waals surface area contributed by atoms with Crippen LogP contribution in [-0.4, -0.2) is 73.4 Å². The van der Waals surface area contributed by atoms with Crippen LogP contribution in [0.15, 0.2) is 97.2 Å². The highest BCUT2D eigenvalue weighted by Gasteiger charge is 2.28. The summed E-state index contributed by atoms with van der Waals surface area (Å²) < 4.78 is 23.9. The van der Waals surface area contributed by atoms with Gasteiger partial charge in [-0.3, -0.25) is 13.8 Å². The third-order valence-electron chi connectivity index (χ3n) is 14.8. The van der Waals surface area contributed by atoms with Gasteiger partial charge in [-0.1, -0.05) is 310 Å². The Morgan fingerprint density at radius 1 is 0.438 bits per heavy atom. The molecule has 3 atom stereocenters. The number of hydrogen-bond acceptors (Lipinski definition) is 5. The molecule has 0 bridgehead atoms. The summed E-state index contributed by atoms with van der Waals surface area (Å²) >= 11 is 0. The van der Waals surface area contributed by atoms with Gasteiger partial charge in [-0.15, -0.1) is 0 Å². The number of likely N-dealkylation sites (N-methyl/N-ethyl adjacent to an activating group) is 1. The molecule has 8 nitrogen and oxygen atoms in total. The summed E-state index contributed by atoms with van der Waals surface area (Å²) in [6.45, 7) is 4.78. The number of phosphoric acid groups is 1. The Bertz CT molecular complexity index is 1620. The highest BCUT2D eigenvalue weighted by molar-refractivity contribution is 7.47. The van der Waals surface area contributed by atoms with Crippen molar-refractivity contribution < 1.29 is 32.9 Å². The molecule has 0 saturated heterocycles. The molecule has 0 aliphatic rings. The summed E-state index contributed by atoms with van der Waals surface area (Å²) in [5, 5.41) is 14.1. The molecule has 0 radical (unpaired) electrons. The quantitative estimate of drug-likeness (QED) is 0.0243. The minimum absolute atomic E-state index is 0.0646. The zero-order valence-electron chi connectivity index (χ0n) is 53.0. The first-order valence-electron chi connectivity index (χ1n) is 33.6. The Labute approximate surface area is 496 Å². The molecule has 0 aromatic carbocycles. The van der Waals surface area contributed by atoms with E-state index in [-0.39, 0.29) is 19.1 Å². The highest BCUT2D eigenvalue weighted by Crippen LogP contribution is 2.43. The monoisotopic (exact) mass is 1140 g/mol. The average molecular weight is 1140 g/mol. The smallest absolute Gasteiger partial charge is 0.391 e. The van der Waals surface area contributed by atoms with Gasteiger partial charge in [-0.25, -0.2) is 4.57 Å². The molecule has 0 saturated carbocycles. The second kappa shape index (κ2) is 61.0. The minimum Gasteiger partial charge on any atom is -0.391 e. The van der Waals surface area contributed by atoms with Crippen molar-refractivity contribution in [2.75, 3.05) is 40.9 Å².